The van der Waals surface area contributed by atoms with Crippen LogP contribution in [0.25, 0.3) is 0 Å². The number of fused-ring (bicyclic) bond motifs is 1. The molecule has 0 saturated carbocycles. The van der Waals surface area contributed by atoms with Gasteiger partial charge in [-0.15, -0.1) is 0 Å². The Labute approximate surface area is 128 Å². The number of aryl methyl sites for hydroxylation is 1. The Morgan fingerprint density at radius 1 is 1.10 bits per heavy atom. The first-order chi connectivity index (χ1) is 9.75. The molecule has 3 rings (SSSR count). The van der Waals surface area contributed by atoms with Crippen LogP contribution in [-0.4, -0.2) is 6.54 Å². The summed E-state index contributed by atoms with van der Waals surface area (Å²) in [7, 11) is 0. The molecule has 2 aromatic carbocycles. The van der Waals surface area contributed by atoms with E-state index in [0.717, 1.165) is 23.0 Å². The van der Waals surface area contributed by atoms with E-state index in [0.29, 0.717) is 6.54 Å². The zero-order chi connectivity index (χ0) is 14.0. The van der Waals surface area contributed by atoms with E-state index in [1.165, 1.54) is 17.5 Å². The van der Waals surface area contributed by atoms with Gasteiger partial charge in [0.1, 0.15) is 0 Å². The largest absolute Gasteiger partial charge is 0.373 e. The Hall–Kier alpha value is -1.32. The molecule has 1 aliphatic carbocycles. The fourth-order valence-corrected chi connectivity index (χ4v) is 3.52. The highest BCUT2D eigenvalue weighted by Gasteiger charge is 2.35. The SMILES string of the molecule is NCC1(Nc2ccccc2Br)CCCc2ccccc21. The van der Waals surface area contributed by atoms with Crippen LogP contribution in [0.5, 0.6) is 0 Å². The first-order valence-corrected chi connectivity index (χ1v) is 7.86. The molecule has 0 aromatic heterocycles. The van der Waals surface area contributed by atoms with Gasteiger partial charge in [0.15, 0.2) is 0 Å². The van der Waals surface area contributed by atoms with Crippen molar-refractivity contribution >= 4 is 21.6 Å². The Bertz CT molecular complexity index is 611. The second kappa shape index (κ2) is 5.58. The summed E-state index contributed by atoms with van der Waals surface area (Å²) < 4.78 is 1.08. The Morgan fingerprint density at radius 3 is 2.65 bits per heavy atom. The number of benzene rings is 2. The topological polar surface area (TPSA) is 38.0 Å². The standard InChI is InChI=1S/C17H19BrN2/c18-15-9-3-4-10-16(15)20-17(12-19)11-5-7-13-6-1-2-8-14(13)17/h1-4,6,8-10,20H,5,7,11-12,19H2. The lowest BCUT2D eigenvalue weighted by atomic mass is 9.76. The summed E-state index contributed by atoms with van der Waals surface area (Å²) >= 11 is 3.61. The molecule has 20 heavy (non-hydrogen) atoms. The van der Waals surface area contributed by atoms with Gasteiger partial charge < -0.3 is 11.1 Å². The van der Waals surface area contributed by atoms with E-state index in [4.69, 9.17) is 5.73 Å². The van der Waals surface area contributed by atoms with Crippen molar-refractivity contribution < 1.29 is 0 Å². The molecule has 0 heterocycles. The summed E-state index contributed by atoms with van der Waals surface area (Å²) in [5, 5.41) is 3.70. The smallest absolute Gasteiger partial charge is 0.0750 e. The maximum Gasteiger partial charge on any atom is 0.0750 e. The van der Waals surface area contributed by atoms with Gasteiger partial charge in [-0.2, -0.15) is 0 Å². The molecule has 2 nitrogen and oxygen atoms in total. The average molecular weight is 331 g/mol. The second-order valence-corrected chi connectivity index (χ2v) is 6.26. The van der Waals surface area contributed by atoms with Gasteiger partial charge in [0.25, 0.3) is 0 Å². The molecule has 0 radical (unpaired) electrons. The van der Waals surface area contributed by atoms with Crippen molar-refractivity contribution in [1.82, 2.24) is 0 Å². The summed E-state index contributed by atoms with van der Waals surface area (Å²) in [5.74, 6) is 0. The van der Waals surface area contributed by atoms with Crippen molar-refractivity contribution in [2.24, 2.45) is 5.73 Å². The zero-order valence-corrected chi connectivity index (χ0v) is 13.0. The molecule has 1 unspecified atom stereocenters. The van der Waals surface area contributed by atoms with E-state index in [2.05, 4.69) is 57.6 Å². The van der Waals surface area contributed by atoms with E-state index in [1.807, 2.05) is 12.1 Å². The van der Waals surface area contributed by atoms with Gasteiger partial charge in [0.05, 0.1) is 5.54 Å². The van der Waals surface area contributed by atoms with Crippen molar-refractivity contribution in [1.29, 1.82) is 0 Å². The van der Waals surface area contributed by atoms with Crippen molar-refractivity contribution in [3.05, 3.63) is 64.1 Å². The fourth-order valence-electron chi connectivity index (χ4n) is 3.13. The van der Waals surface area contributed by atoms with Gasteiger partial charge in [0.2, 0.25) is 0 Å². The monoisotopic (exact) mass is 330 g/mol. The molecule has 0 amide bonds. The molecular weight excluding hydrogens is 312 g/mol. The third-order valence-electron chi connectivity index (χ3n) is 4.18. The summed E-state index contributed by atoms with van der Waals surface area (Å²) in [6.07, 6.45) is 3.39. The van der Waals surface area contributed by atoms with Crippen molar-refractivity contribution in [2.75, 3.05) is 11.9 Å². The lowest BCUT2D eigenvalue weighted by Gasteiger charge is -2.40. The Morgan fingerprint density at radius 2 is 1.85 bits per heavy atom. The average Bonchev–Trinajstić information content (AvgIpc) is 2.50. The number of nitrogens with two attached hydrogens (primary N) is 1. The fraction of sp³-hybridized carbons (Fsp3) is 0.294. The molecule has 0 spiro atoms. The van der Waals surface area contributed by atoms with Gasteiger partial charge in [-0.3, -0.25) is 0 Å². The second-order valence-electron chi connectivity index (χ2n) is 5.40. The van der Waals surface area contributed by atoms with E-state index in [-0.39, 0.29) is 5.54 Å². The molecule has 1 aliphatic rings. The Kier molecular flexibility index (Phi) is 3.81. The lowest BCUT2D eigenvalue weighted by molar-refractivity contribution is 0.417. The van der Waals surface area contributed by atoms with E-state index >= 15 is 0 Å². The third-order valence-corrected chi connectivity index (χ3v) is 4.87. The van der Waals surface area contributed by atoms with Crippen LogP contribution in [-0.2, 0) is 12.0 Å². The molecule has 0 aliphatic heterocycles. The zero-order valence-electron chi connectivity index (χ0n) is 11.4. The minimum Gasteiger partial charge on any atom is -0.373 e. The first kappa shape index (κ1) is 13.7. The van der Waals surface area contributed by atoms with E-state index in [9.17, 15) is 0 Å². The molecule has 0 bridgehead atoms. The molecule has 0 saturated heterocycles. The number of halogens is 1. The van der Waals surface area contributed by atoms with Gasteiger partial charge in [-0.1, -0.05) is 36.4 Å². The normalized spacial score (nSPS) is 21.3. The van der Waals surface area contributed by atoms with Gasteiger partial charge in [-0.25, -0.2) is 0 Å². The van der Waals surface area contributed by atoms with Crippen LogP contribution in [0, 0.1) is 0 Å². The van der Waals surface area contributed by atoms with Gasteiger partial charge in [-0.05, 0) is 58.5 Å². The Balaban J connectivity index is 2.03. The van der Waals surface area contributed by atoms with Crippen molar-refractivity contribution in [2.45, 2.75) is 24.8 Å². The van der Waals surface area contributed by atoms with Crippen molar-refractivity contribution in [3.63, 3.8) is 0 Å². The summed E-state index contributed by atoms with van der Waals surface area (Å²) in [6, 6.07) is 16.9. The quantitative estimate of drug-likeness (QED) is 0.890. The first-order valence-electron chi connectivity index (χ1n) is 7.06. The predicted octanol–water partition coefficient (Wildman–Crippen LogP) is 4.05. The van der Waals surface area contributed by atoms with E-state index in [1.54, 1.807) is 0 Å². The van der Waals surface area contributed by atoms with Crippen LogP contribution in [0.15, 0.2) is 53.0 Å². The molecule has 104 valence electrons. The maximum atomic E-state index is 6.17. The number of rotatable bonds is 3. The molecule has 1 atom stereocenters. The number of hydrogen-bond acceptors (Lipinski definition) is 2. The van der Waals surface area contributed by atoms with Crippen LogP contribution in [0.2, 0.25) is 0 Å². The minimum absolute atomic E-state index is 0.154. The lowest BCUT2D eigenvalue weighted by Crippen LogP contribution is -2.45. The highest BCUT2D eigenvalue weighted by Crippen LogP contribution is 2.38. The highest BCUT2D eigenvalue weighted by molar-refractivity contribution is 9.10. The number of anilines is 1. The number of hydrogen-bond donors (Lipinski definition) is 2. The van der Waals surface area contributed by atoms with E-state index < -0.39 is 0 Å². The molecule has 2 aromatic rings. The summed E-state index contributed by atoms with van der Waals surface area (Å²) in [5.41, 5.74) is 9.90. The van der Waals surface area contributed by atoms with Crippen LogP contribution < -0.4 is 11.1 Å². The van der Waals surface area contributed by atoms with Crippen molar-refractivity contribution in [3.8, 4) is 0 Å². The van der Waals surface area contributed by atoms with Crippen LogP contribution >= 0.6 is 15.9 Å². The maximum absolute atomic E-state index is 6.17. The molecule has 3 heteroatoms. The van der Waals surface area contributed by atoms with Gasteiger partial charge >= 0.3 is 0 Å². The molecular formula is C17H19BrN2. The highest BCUT2D eigenvalue weighted by atomic mass is 79.9. The summed E-state index contributed by atoms with van der Waals surface area (Å²) in [6.45, 7) is 0.603. The third kappa shape index (κ3) is 2.36. The number of para-hydroxylation sites is 1. The number of nitrogens with one attached hydrogen (secondary N) is 1. The van der Waals surface area contributed by atoms with Crippen LogP contribution in [0.1, 0.15) is 24.0 Å². The summed E-state index contributed by atoms with van der Waals surface area (Å²) in [4.78, 5) is 0. The predicted molar refractivity (Wildman–Crippen MR) is 87.9 cm³/mol. The minimum atomic E-state index is -0.154. The molecule has 0 fully saturated rings. The van der Waals surface area contributed by atoms with Crippen LogP contribution in [0.4, 0.5) is 5.69 Å². The molecule has 3 N–H and O–H groups in total. The van der Waals surface area contributed by atoms with Gasteiger partial charge in [0, 0.05) is 16.7 Å². The van der Waals surface area contributed by atoms with Crippen LogP contribution in [0.3, 0.4) is 0 Å².